The number of carbonyl (C=O) groups is 1. The molecule has 0 spiro atoms. The number of nitrogens with one attached hydrogen (secondary N) is 1. The van der Waals surface area contributed by atoms with E-state index >= 15 is 0 Å². The molecule has 0 bridgehead atoms. The lowest BCUT2D eigenvalue weighted by Gasteiger charge is -2.34. The second-order valence-corrected chi connectivity index (χ2v) is 8.94. The van der Waals surface area contributed by atoms with Gasteiger partial charge in [-0.3, -0.25) is 15.1 Å². The van der Waals surface area contributed by atoms with Gasteiger partial charge in [-0.15, -0.1) is 5.10 Å². The average molecular weight is 473 g/mol. The first-order valence-corrected chi connectivity index (χ1v) is 12.0. The number of para-hydroxylation sites is 1. The van der Waals surface area contributed by atoms with Crippen molar-refractivity contribution in [3.63, 3.8) is 0 Å². The van der Waals surface area contributed by atoms with Crippen molar-refractivity contribution >= 4 is 28.5 Å². The molecule has 7 nitrogen and oxygen atoms in total. The molecule has 0 radical (unpaired) electrons. The predicted octanol–water partition coefficient (Wildman–Crippen LogP) is 3.17. The molecule has 3 aromatic carbocycles. The Labute approximate surface area is 201 Å². The normalized spacial score (nSPS) is 16.6. The molecular weight excluding hydrogens is 448 g/mol. The molecule has 5 rings (SSSR count). The highest BCUT2D eigenvalue weighted by Gasteiger charge is 2.34. The Bertz CT molecular complexity index is 1370. The van der Waals surface area contributed by atoms with Gasteiger partial charge in [0.1, 0.15) is 12.3 Å². The average Bonchev–Trinajstić information content (AvgIpc) is 2.87. The van der Waals surface area contributed by atoms with E-state index in [4.69, 9.17) is 19.6 Å². The lowest BCUT2D eigenvalue weighted by Crippen LogP contribution is -2.50. The quantitative estimate of drug-likeness (QED) is 0.597. The number of nitrogens with zero attached hydrogens (tertiary/aromatic N) is 3. The third-order valence-corrected chi connectivity index (χ3v) is 6.27. The lowest BCUT2D eigenvalue weighted by atomic mass is 10.1. The van der Waals surface area contributed by atoms with Crippen LogP contribution in [0.2, 0.25) is 0 Å². The number of carbonyl (C=O) groups excluding carboxylic acids is 1. The molecule has 1 N–H and O–H groups in total. The van der Waals surface area contributed by atoms with Gasteiger partial charge in [-0.2, -0.15) is 0 Å². The van der Waals surface area contributed by atoms with Crippen molar-refractivity contribution in [3.8, 4) is 11.5 Å². The zero-order valence-electron chi connectivity index (χ0n) is 18.9. The summed E-state index contributed by atoms with van der Waals surface area (Å²) in [5.41, 5.74) is 2.40. The van der Waals surface area contributed by atoms with E-state index in [-0.39, 0.29) is 5.91 Å². The minimum atomic E-state index is -0.513. The number of benzene rings is 3. The van der Waals surface area contributed by atoms with Gasteiger partial charge in [0, 0.05) is 10.8 Å². The summed E-state index contributed by atoms with van der Waals surface area (Å²) in [5.74, 6) is 1.84. The van der Waals surface area contributed by atoms with Crippen LogP contribution in [0.15, 0.2) is 82.9 Å². The maximum absolute atomic E-state index is 13.1. The third-order valence-electron chi connectivity index (χ3n) is 5.52. The van der Waals surface area contributed by atoms with Crippen LogP contribution in [0.3, 0.4) is 0 Å². The van der Waals surface area contributed by atoms with Gasteiger partial charge in [-0.25, -0.2) is 5.01 Å². The van der Waals surface area contributed by atoms with Crippen molar-refractivity contribution in [2.75, 3.05) is 12.9 Å². The van der Waals surface area contributed by atoms with Crippen molar-refractivity contribution in [1.82, 2.24) is 10.3 Å². The van der Waals surface area contributed by atoms with Crippen molar-refractivity contribution < 1.29 is 14.3 Å². The zero-order valence-corrected chi connectivity index (χ0v) is 19.7. The molecule has 0 aliphatic carbocycles. The topological polar surface area (TPSA) is 75.5 Å². The number of amidine groups is 1. The largest absolute Gasteiger partial charge is 0.493 e. The van der Waals surface area contributed by atoms with E-state index in [1.807, 2.05) is 79.7 Å². The highest BCUT2D eigenvalue weighted by Crippen LogP contribution is 2.36. The Morgan fingerprint density at radius 3 is 2.62 bits per heavy atom. The molecule has 8 heteroatoms. The number of hydrogen-bond donors (Lipinski definition) is 1. The Morgan fingerprint density at radius 1 is 1.03 bits per heavy atom. The number of rotatable bonds is 6. The smallest absolute Gasteiger partial charge is 0.276 e. The van der Waals surface area contributed by atoms with E-state index < -0.39 is 6.17 Å². The molecule has 172 valence electrons. The fraction of sp³-hybridized carbons (Fsp3) is 0.192. The summed E-state index contributed by atoms with van der Waals surface area (Å²) in [6.07, 6.45) is -0.513. The van der Waals surface area contributed by atoms with E-state index in [1.54, 1.807) is 12.1 Å². The predicted molar refractivity (Wildman–Crippen MR) is 133 cm³/mol. The molecular formula is C26H24N4O3S. The molecule has 0 saturated carbocycles. The van der Waals surface area contributed by atoms with Crippen LogP contribution < -0.4 is 25.4 Å². The van der Waals surface area contributed by atoms with E-state index in [2.05, 4.69) is 5.32 Å². The van der Waals surface area contributed by atoms with Crippen LogP contribution in [-0.2, 0) is 11.4 Å². The summed E-state index contributed by atoms with van der Waals surface area (Å²) in [7, 11) is 1.61. The van der Waals surface area contributed by atoms with Crippen LogP contribution in [0.1, 0.15) is 24.2 Å². The second-order valence-electron chi connectivity index (χ2n) is 7.69. The van der Waals surface area contributed by atoms with Crippen LogP contribution in [0.25, 0.3) is 5.70 Å². The van der Waals surface area contributed by atoms with E-state index in [9.17, 15) is 4.79 Å². The van der Waals surface area contributed by atoms with Gasteiger partial charge in [0.2, 0.25) is 0 Å². The Kier molecular flexibility index (Phi) is 6.22. The molecule has 0 fully saturated rings. The van der Waals surface area contributed by atoms with Gasteiger partial charge in [-0.05, 0) is 29.5 Å². The maximum atomic E-state index is 13.1. The van der Waals surface area contributed by atoms with Gasteiger partial charge in [-0.1, -0.05) is 73.3 Å². The first kappa shape index (κ1) is 22.0. The van der Waals surface area contributed by atoms with Crippen molar-refractivity contribution in [1.29, 1.82) is 0 Å². The Hall–Kier alpha value is -3.78. The van der Waals surface area contributed by atoms with E-state index in [0.29, 0.717) is 29.0 Å². The summed E-state index contributed by atoms with van der Waals surface area (Å²) in [6.45, 7) is 2.45. The third kappa shape index (κ3) is 4.24. The molecule has 2 heterocycles. The van der Waals surface area contributed by atoms with Gasteiger partial charge in [0.25, 0.3) is 5.91 Å². The van der Waals surface area contributed by atoms with E-state index in [1.165, 1.54) is 11.8 Å². The molecule has 34 heavy (non-hydrogen) atoms. The molecule has 1 atom stereocenters. The van der Waals surface area contributed by atoms with Gasteiger partial charge in [0.15, 0.2) is 22.8 Å². The molecule has 1 amide bonds. The van der Waals surface area contributed by atoms with Crippen LogP contribution >= 0.6 is 11.8 Å². The van der Waals surface area contributed by atoms with Crippen molar-refractivity contribution in [3.05, 3.63) is 94.5 Å². The second kappa shape index (κ2) is 9.61. The van der Waals surface area contributed by atoms with Crippen LogP contribution in [0.4, 0.5) is 0 Å². The number of hydrogen-bond acceptors (Lipinski definition) is 7. The van der Waals surface area contributed by atoms with Crippen molar-refractivity contribution in [2.45, 2.75) is 19.7 Å². The zero-order chi connectivity index (χ0) is 23.5. The number of ether oxygens (including phenoxy) is 2. The van der Waals surface area contributed by atoms with E-state index in [0.717, 1.165) is 27.5 Å². The summed E-state index contributed by atoms with van der Waals surface area (Å²) in [5, 5.41) is 11.4. The van der Waals surface area contributed by atoms with Gasteiger partial charge in [0.05, 0.1) is 12.5 Å². The summed E-state index contributed by atoms with van der Waals surface area (Å²) in [6, 6.07) is 23.3. The number of hydrazone groups is 1. The van der Waals surface area contributed by atoms with Gasteiger partial charge < -0.3 is 9.47 Å². The van der Waals surface area contributed by atoms with Crippen LogP contribution in [0.5, 0.6) is 11.5 Å². The number of thioether (sulfide) groups is 1. The van der Waals surface area contributed by atoms with Crippen LogP contribution in [-0.4, -0.2) is 28.9 Å². The maximum Gasteiger partial charge on any atom is 0.276 e. The van der Waals surface area contributed by atoms with Crippen molar-refractivity contribution in [2.24, 2.45) is 10.1 Å². The SMILES string of the molecule is CCSC1=NN2C(=c3ccccc3=NC2c2ccc(OCc3ccccc3)c(OC)c2)C(=O)N1. The van der Waals surface area contributed by atoms with Gasteiger partial charge >= 0.3 is 0 Å². The number of amides is 1. The highest BCUT2D eigenvalue weighted by atomic mass is 32.2. The minimum Gasteiger partial charge on any atom is -0.493 e. The summed E-state index contributed by atoms with van der Waals surface area (Å²) < 4.78 is 11.7. The molecule has 2 aliphatic heterocycles. The monoisotopic (exact) mass is 472 g/mol. The molecule has 3 aromatic rings. The highest BCUT2D eigenvalue weighted by molar-refractivity contribution is 8.13. The fourth-order valence-electron chi connectivity index (χ4n) is 3.95. The standard InChI is InChI=1S/C26H24N4O3S/c1-3-34-26-28-25(31)23-19-11-7-8-12-20(19)27-24(30(23)29-26)18-13-14-21(22(15-18)32-2)33-16-17-9-5-4-6-10-17/h4-15,24H,3,16H2,1-2H3,(H,28,29,31). The molecule has 0 saturated heterocycles. The van der Waals surface area contributed by atoms with Crippen LogP contribution in [0, 0.1) is 0 Å². The summed E-state index contributed by atoms with van der Waals surface area (Å²) >= 11 is 1.48. The minimum absolute atomic E-state index is 0.187. The fourth-order valence-corrected chi connectivity index (χ4v) is 4.53. The summed E-state index contributed by atoms with van der Waals surface area (Å²) in [4.78, 5) is 18.0. The molecule has 1 unspecified atom stereocenters. The first-order valence-electron chi connectivity index (χ1n) is 11.0. The molecule has 0 aromatic heterocycles. The number of methoxy groups -OCH3 is 1. The Balaban J connectivity index is 1.54. The molecule has 2 aliphatic rings. The first-order chi connectivity index (χ1) is 16.7. The number of fused-ring (bicyclic) bond motifs is 2. The Morgan fingerprint density at radius 2 is 1.82 bits per heavy atom. The lowest BCUT2D eigenvalue weighted by molar-refractivity contribution is -0.116.